The van der Waals surface area contributed by atoms with Crippen LogP contribution in [0.25, 0.3) is 16.3 Å². The number of urea groups is 1. The van der Waals surface area contributed by atoms with E-state index in [-0.39, 0.29) is 11.9 Å². The average Bonchev–Trinajstić information content (AvgIpc) is 3.03. The Kier molecular flexibility index (Phi) is 4.83. The molecule has 2 aliphatic rings. The van der Waals surface area contributed by atoms with E-state index in [2.05, 4.69) is 35.7 Å². The monoisotopic (exact) mass is 412 g/mol. The van der Waals surface area contributed by atoms with Gasteiger partial charge in [0.15, 0.2) is 6.67 Å². The van der Waals surface area contributed by atoms with Gasteiger partial charge in [0, 0.05) is 6.42 Å². The molecule has 5 nitrogen and oxygen atoms in total. The number of nitrogens with one attached hydrogen (secondary N) is 2. The highest BCUT2D eigenvalue weighted by Crippen LogP contribution is 2.33. The molecule has 1 saturated heterocycles. The van der Waals surface area contributed by atoms with Crippen LogP contribution >= 0.6 is 0 Å². The van der Waals surface area contributed by atoms with Crippen LogP contribution in [0.1, 0.15) is 24.5 Å². The molecule has 2 atom stereocenters. The van der Waals surface area contributed by atoms with Crippen LogP contribution in [-0.2, 0) is 10.3 Å². The molecule has 156 valence electrons. The van der Waals surface area contributed by atoms with Gasteiger partial charge in [-0.15, -0.1) is 0 Å². The van der Waals surface area contributed by atoms with Crippen LogP contribution in [0.15, 0.2) is 78.9 Å². The normalized spacial score (nSPS) is 23.7. The molecule has 5 rings (SSSR count). The fourth-order valence-electron chi connectivity index (χ4n) is 4.75. The Morgan fingerprint density at radius 1 is 0.968 bits per heavy atom. The highest BCUT2D eigenvalue weighted by atomic mass is 16.2. The van der Waals surface area contributed by atoms with Gasteiger partial charge in [0.05, 0.1) is 13.1 Å². The molecule has 3 aromatic rings. The maximum absolute atomic E-state index is 13.5. The third-order valence-electron chi connectivity index (χ3n) is 6.51. The van der Waals surface area contributed by atoms with Gasteiger partial charge in [-0.2, -0.15) is 0 Å². The van der Waals surface area contributed by atoms with E-state index in [1.165, 1.54) is 20.9 Å². The van der Waals surface area contributed by atoms with Gasteiger partial charge >= 0.3 is 6.03 Å². The molecule has 31 heavy (non-hydrogen) atoms. The number of hydrogen-bond acceptors (Lipinski definition) is 2. The first kappa shape index (κ1) is 19.5. The molecule has 3 aromatic carbocycles. The highest BCUT2D eigenvalue weighted by Gasteiger charge is 2.50. The standard InChI is InChI=1S/C26H25N3O2/c1-26(23-13-7-11-21-10-5-6-12-22(21)23)24(30)29(25(31)27-26)18-28-16-14-20(15-17-28)19-8-3-2-4-9-19/h2-14H,15-18H2,1H3,(H,27,31)/p+1/t26-/m1/s1. The summed E-state index contributed by atoms with van der Waals surface area (Å²) in [5.74, 6) is -0.181. The number of carbonyl (C=O) groups excluding carboxylic acids is 2. The largest absolute Gasteiger partial charge is 0.329 e. The number of benzene rings is 3. The Morgan fingerprint density at radius 2 is 1.71 bits per heavy atom. The van der Waals surface area contributed by atoms with Gasteiger partial charge < -0.3 is 10.2 Å². The van der Waals surface area contributed by atoms with Crippen molar-refractivity contribution in [3.63, 3.8) is 0 Å². The minimum atomic E-state index is -1.06. The summed E-state index contributed by atoms with van der Waals surface area (Å²) in [6.45, 7) is 3.88. The Bertz CT molecular complexity index is 1180. The number of rotatable bonds is 4. The summed E-state index contributed by atoms with van der Waals surface area (Å²) < 4.78 is 0. The van der Waals surface area contributed by atoms with E-state index in [9.17, 15) is 9.59 Å². The molecule has 0 aliphatic carbocycles. The summed E-state index contributed by atoms with van der Waals surface area (Å²) in [5.41, 5.74) is 2.37. The van der Waals surface area contributed by atoms with Crippen molar-refractivity contribution in [3.05, 3.63) is 90.0 Å². The maximum Gasteiger partial charge on any atom is 0.329 e. The van der Waals surface area contributed by atoms with Crippen LogP contribution in [0.3, 0.4) is 0 Å². The third kappa shape index (κ3) is 3.41. The van der Waals surface area contributed by atoms with E-state index < -0.39 is 5.54 Å². The zero-order valence-electron chi connectivity index (χ0n) is 17.6. The number of hydrogen-bond donors (Lipinski definition) is 2. The number of fused-ring (bicyclic) bond motifs is 1. The Hall–Kier alpha value is -3.44. The first-order chi connectivity index (χ1) is 15.1. The summed E-state index contributed by atoms with van der Waals surface area (Å²) in [4.78, 5) is 28.9. The quantitative estimate of drug-likeness (QED) is 0.648. The topological polar surface area (TPSA) is 53.9 Å². The van der Waals surface area contributed by atoms with E-state index in [0.717, 1.165) is 35.8 Å². The van der Waals surface area contributed by atoms with Crippen molar-refractivity contribution in [2.24, 2.45) is 0 Å². The van der Waals surface area contributed by atoms with Gasteiger partial charge in [0.25, 0.3) is 5.91 Å². The lowest BCUT2D eigenvalue weighted by Gasteiger charge is -2.27. The maximum atomic E-state index is 13.5. The fraction of sp³-hybridized carbons (Fsp3) is 0.231. The summed E-state index contributed by atoms with van der Waals surface area (Å²) in [5, 5.41) is 5.02. The number of imide groups is 1. The van der Waals surface area contributed by atoms with Crippen LogP contribution in [0.4, 0.5) is 4.79 Å². The molecule has 5 heteroatoms. The molecule has 2 N–H and O–H groups in total. The summed E-state index contributed by atoms with van der Waals surface area (Å²) in [6.07, 6.45) is 3.17. The molecular weight excluding hydrogens is 386 g/mol. The van der Waals surface area contributed by atoms with Crippen LogP contribution in [0, 0.1) is 0 Å². The second-order valence-electron chi connectivity index (χ2n) is 8.52. The predicted molar refractivity (Wildman–Crippen MR) is 121 cm³/mol. The van der Waals surface area contributed by atoms with Gasteiger partial charge in [-0.25, -0.2) is 9.69 Å². The number of quaternary nitrogens is 1. The highest BCUT2D eigenvalue weighted by molar-refractivity contribution is 6.09. The van der Waals surface area contributed by atoms with E-state index in [1.807, 2.05) is 55.5 Å². The van der Waals surface area contributed by atoms with Crippen molar-refractivity contribution < 1.29 is 14.5 Å². The molecule has 0 spiro atoms. The molecule has 1 fully saturated rings. The molecule has 0 bridgehead atoms. The number of amides is 3. The Balaban J connectivity index is 1.36. The van der Waals surface area contributed by atoms with Crippen molar-refractivity contribution in [2.45, 2.75) is 18.9 Å². The van der Waals surface area contributed by atoms with Crippen molar-refractivity contribution >= 4 is 28.3 Å². The Labute approximate surface area is 182 Å². The van der Waals surface area contributed by atoms with E-state index in [1.54, 1.807) is 0 Å². The summed E-state index contributed by atoms with van der Waals surface area (Å²) in [7, 11) is 0. The molecule has 2 aliphatic heterocycles. The van der Waals surface area contributed by atoms with E-state index >= 15 is 0 Å². The zero-order chi connectivity index (χ0) is 21.4. The second-order valence-corrected chi connectivity index (χ2v) is 8.52. The lowest BCUT2D eigenvalue weighted by Crippen LogP contribution is -3.14. The molecule has 0 radical (unpaired) electrons. The SMILES string of the molecule is C[C@]1(c2cccc3ccccc23)NC(=O)N(C[NH+]2CC=C(c3ccccc3)CC2)C1=O. The van der Waals surface area contributed by atoms with Gasteiger partial charge in [-0.3, -0.25) is 4.79 Å². The van der Waals surface area contributed by atoms with E-state index in [0.29, 0.717) is 6.67 Å². The molecule has 2 heterocycles. The van der Waals surface area contributed by atoms with Crippen LogP contribution in [0.2, 0.25) is 0 Å². The molecular formula is C26H26N3O2+. The fourth-order valence-corrected chi connectivity index (χ4v) is 4.75. The van der Waals surface area contributed by atoms with Crippen molar-refractivity contribution in [2.75, 3.05) is 19.8 Å². The first-order valence-corrected chi connectivity index (χ1v) is 10.8. The number of carbonyl (C=O) groups is 2. The van der Waals surface area contributed by atoms with Crippen LogP contribution < -0.4 is 10.2 Å². The molecule has 1 unspecified atom stereocenters. The second kappa shape index (κ2) is 7.67. The van der Waals surface area contributed by atoms with Crippen molar-refractivity contribution in [1.82, 2.24) is 10.2 Å². The van der Waals surface area contributed by atoms with Crippen molar-refractivity contribution in [1.29, 1.82) is 0 Å². The van der Waals surface area contributed by atoms with Crippen LogP contribution in [-0.4, -0.2) is 36.6 Å². The average molecular weight is 413 g/mol. The number of nitrogens with zero attached hydrogens (tertiary/aromatic N) is 1. The van der Waals surface area contributed by atoms with Gasteiger partial charge in [0.2, 0.25) is 0 Å². The molecule has 3 amide bonds. The van der Waals surface area contributed by atoms with Crippen molar-refractivity contribution in [3.8, 4) is 0 Å². The summed E-state index contributed by atoms with van der Waals surface area (Å²) >= 11 is 0. The van der Waals surface area contributed by atoms with Gasteiger partial charge in [-0.1, -0.05) is 72.8 Å². The third-order valence-corrected chi connectivity index (χ3v) is 6.51. The van der Waals surface area contributed by atoms with E-state index in [4.69, 9.17) is 0 Å². The summed E-state index contributed by atoms with van der Waals surface area (Å²) in [6, 6.07) is 23.9. The lowest BCUT2D eigenvalue weighted by atomic mass is 9.88. The smallest absolute Gasteiger partial charge is 0.319 e. The minimum absolute atomic E-state index is 0.181. The molecule has 0 aromatic heterocycles. The van der Waals surface area contributed by atoms with Gasteiger partial charge in [0.1, 0.15) is 5.54 Å². The lowest BCUT2D eigenvalue weighted by molar-refractivity contribution is -0.902. The predicted octanol–water partition coefficient (Wildman–Crippen LogP) is 2.94. The van der Waals surface area contributed by atoms with Crippen LogP contribution in [0.5, 0.6) is 0 Å². The zero-order valence-corrected chi connectivity index (χ0v) is 17.6. The first-order valence-electron chi connectivity index (χ1n) is 10.8. The molecule has 0 saturated carbocycles. The van der Waals surface area contributed by atoms with Gasteiger partial charge in [-0.05, 0) is 40.5 Å². The minimum Gasteiger partial charge on any atom is -0.319 e. The Morgan fingerprint density at radius 3 is 2.48 bits per heavy atom.